The van der Waals surface area contributed by atoms with Crippen molar-refractivity contribution in [2.45, 2.75) is 4.90 Å². The van der Waals surface area contributed by atoms with Gasteiger partial charge in [-0.15, -0.1) is 24.0 Å². The Balaban J connectivity index is 2.93. The number of hydrogen-bond donors (Lipinski definition) is 2. The maximum atomic E-state index is 11.0. The van der Waals surface area contributed by atoms with Crippen LogP contribution < -0.4 is 0 Å². The highest BCUT2D eigenvalue weighted by atomic mass is 127. The van der Waals surface area contributed by atoms with E-state index in [1.165, 1.54) is 11.3 Å². The van der Waals surface area contributed by atoms with Crippen molar-refractivity contribution in [2.24, 2.45) is 0 Å². The number of fused-ring (bicyclic) bond motifs is 1. The summed E-state index contributed by atoms with van der Waals surface area (Å²) in [5.74, 6) is -0.916. The van der Waals surface area contributed by atoms with Gasteiger partial charge < -0.3 is 5.11 Å². The van der Waals surface area contributed by atoms with Crippen LogP contribution in [-0.4, -0.2) is 11.1 Å². The van der Waals surface area contributed by atoms with Crippen molar-refractivity contribution in [1.29, 1.82) is 0 Å². The van der Waals surface area contributed by atoms with Gasteiger partial charge in [-0.25, -0.2) is 4.79 Å². The number of thiol groups is 1. The molecule has 0 spiro atoms. The monoisotopic (exact) mass is 336 g/mol. The molecule has 0 aliphatic heterocycles. The molecule has 0 saturated heterocycles. The van der Waals surface area contributed by atoms with Crippen LogP contribution in [0.5, 0.6) is 0 Å². The Bertz CT molecular complexity index is 519. The van der Waals surface area contributed by atoms with Crippen molar-refractivity contribution < 1.29 is 9.90 Å². The molecule has 0 bridgehead atoms. The molecule has 1 aromatic carbocycles. The Hall–Kier alpha value is -0.270. The average Bonchev–Trinajstić information content (AvgIpc) is 2.52. The van der Waals surface area contributed by atoms with Gasteiger partial charge in [-0.1, -0.05) is 0 Å². The highest BCUT2D eigenvalue weighted by Gasteiger charge is 2.16. The minimum atomic E-state index is -0.916. The molecule has 2 aromatic rings. The second-order valence-electron chi connectivity index (χ2n) is 2.73. The van der Waals surface area contributed by atoms with Crippen LogP contribution in [-0.2, 0) is 0 Å². The first kappa shape index (κ1) is 10.3. The van der Waals surface area contributed by atoms with E-state index in [9.17, 15) is 4.79 Å². The molecule has 0 amide bonds. The zero-order valence-corrected chi connectivity index (χ0v) is 10.7. The molecule has 1 N–H and O–H groups in total. The smallest absolute Gasteiger partial charge is 0.338 e. The first-order chi connectivity index (χ1) is 6.61. The molecule has 2 nitrogen and oxygen atoms in total. The fourth-order valence-corrected chi connectivity index (χ4v) is 3.14. The highest BCUT2D eigenvalue weighted by molar-refractivity contribution is 14.1. The van der Waals surface area contributed by atoms with Crippen LogP contribution in [0.2, 0.25) is 0 Å². The van der Waals surface area contributed by atoms with E-state index in [0.29, 0.717) is 10.5 Å². The largest absolute Gasteiger partial charge is 0.478 e. The molecular formula is C9H5IO2S2. The van der Waals surface area contributed by atoms with Crippen LogP contribution in [0.25, 0.3) is 10.1 Å². The van der Waals surface area contributed by atoms with Gasteiger partial charge in [-0.3, -0.25) is 0 Å². The third-order valence-electron chi connectivity index (χ3n) is 1.88. The normalized spacial score (nSPS) is 10.7. The average molecular weight is 336 g/mol. The van der Waals surface area contributed by atoms with Crippen molar-refractivity contribution in [3.63, 3.8) is 0 Å². The Labute approximate surface area is 103 Å². The minimum absolute atomic E-state index is 0.310. The number of carboxylic acids is 1. The SMILES string of the molecule is O=C(O)c1c(S)c(I)cc2ccsc12. The minimum Gasteiger partial charge on any atom is -0.478 e. The lowest BCUT2D eigenvalue weighted by Crippen LogP contribution is -1.99. The van der Waals surface area contributed by atoms with Crippen molar-refractivity contribution in [2.75, 3.05) is 0 Å². The van der Waals surface area contributed by atoms with Crippen molar-refractivity contribution in [1.82, 2.24) is 0 Å². The lowest BCUT2D eigenvalue weighted by Gasteiger charge is -2.03. The van der Waals surface area contributed by atoms with Crippen molar-refractivity contribution in [3.8, 4) is 0 Å². The van der Waals surface area contributed by atoms with E-state index in [0.717, 1.165) is 13.7 Å². The zero-order chi connectivity index (χ0) is 10.3. The molecule has 14 heavy (non-hydrogen) atoms. The summed E-state index contributed by atoms with van der Waals surface area (Å²) >= 11 is 7.75. The quantitative estimate of drug-likeness (QED) is 0.618. The lowest BCUT2D eigenvalue weighted by atomic mass is 10.2. The molecule has 1 aromatic heterocycles. The third-order valence-corrected chi connectivity index (χ3v) is 4.57. The van der Waals surface area contributed by atoms with Gasteiger partial charge in [0.25, 0.3) is 0 Å². The number of hydrogen-bond acceptors (Lipinski definition) is 3. The summed E-state index contributed by atoms with van der Waals surface area (Å²) in [7, 11) is 0. The predicted octanol–water partition coefficient (Wildman–Crippen LogP) is 3.49. The van der Waals surface area contributed by atoms with Crippen LogP contribution in [0.1, 0.15) is 10.4 Å². The van der Waals surface area contributed by atoms with Crippen LogP contribution >= 0.6 is 46.6 Å². The van der Waals surface area contributed by atoms with Crippen LogP contribution in [0.15, 0.2) is 22.4 Å². The maximum Gasteiger partial charge on any atom is 0.338 e. The molecule has 1 heterocycles. The Morgan fingerprint density at radius 1 is 1.57 bits per heavy atom. The first-order valence-electron chi connectivity index (χ1n) is 3.73. The Kier molecular flexibility index (Phi) is 2.72. The molecule has 72 valence electrons. The van der Waals surface area contributed by atoms with Gasteiger partial charge in [-0.2, -0.15) is 0 Å². The molecule has 0 fully saturated rings. The fourth-order valence-electron chi connectivity index (χ4n) is 1.27. The number of benzene rings is 1. The highest BCUT2D eigenvalue weighted by Crippen LogP contribution is 2.33. The summed E-state index contributed by atoms with van der Waals surface area (Å²) in [5.41, 5.74) is 0.310. The van der Waals surface area contributed by atoms with Crippen LogP contribution in [0, 0.1) is 3.57 Å². The Morgan fingerprint density at radius 2 is 2.29 bits per heavy atom. The van der Waals surface area contributed by atoms with Crippen LogP contribution in [0.3, 0.4) is 0 Å². The number of rotatable bonds is 1. The molecule has 0 saturated carbocycles. The summed E-state index contributed by atoms with van der Waals surface area (Å²) in [6.45, 7) is 0. The van der Waals surface area contributed by atoms with E-state index in [4.69, 9.17) is 5.11 Å². The number of carbonyl (C=O) groups is 1. The van der Waals surface area contributed by atoms with Crippen molar-refractivity contribution >= 4 is 62.6 Å². The van der Waals surface area contributed by atoms with Gasteiger partial charge in [0.05, 0.1) is 5.56 Å². The summed E-state index contributed by atoms with van der Waals surface area (Å²) in [4.78, 5) is 11.6. The second-order valence-corrected chi connectivity index (χ2v) is 5.25. The number of halogens is 1. The number of aromatic carboxylic acids is 1. The van der Waals surface area contributed by atoms with Gasteiger partial charge in [0.2, 0.25) is 0 Å². The third kappa shape index (κ3) is 1.53. The van der Waals surface area contributed by atoms with E-state index >= 15 is 0 Å². The van der Waals surface area contributed by atoms with Gasteiger partial charge >= 0.3 is 5.97 Å². The zero-order valence-electron chi connectivity index (χ0n) is 6.82. The van der Waals surface area contributed by atoms with E-state index in [-0.39, 0.29) is 0 Å². The van der Waals surface area contributed by atoms with E-state index in [2.05, 4.69) is 35.2 Å². The summed E-state index contributed by atoms with van der Waals surface area (Å²) in [6.07, 6.45) is 0. The summed E-state index contributed by atoms with van der Waals surface area (Å²) < 4.78 is 1.66. The lowest BCUT2D eigenvalue weighted by molar-refractivity contribution is 0.0695. The second kappa shape index (κ2) is 3.71. The summed E-state index contributed by atoms with van der Waals surface area (Å²) in [6, 6.07) is 3.86. The van der Waals surface area contributed by atoms with Gasteiger partial charge in [0, 0.05) is 13.2 Å². The standard InChI is InChI=1S/C9H5IO2S2/c10-5-3-4-1-2-14-8(4)6(7(5)13)9(11)12/h1-3,13H,(H,11,12). The molecule has 0 aliphatic rings. The Morgan fingerprint density at radius 3 is 2.93 bits per heavy atom. The molecule has 0 unspecified atom stereocenters. The molecule has 0 atom stereocenters. The number of carboxylic acid groups (broad SMARTS) is 1. The first-order valence-corrected chi connectivity index (χ1v) is 6.14. The summed E-state index contributed by atoms with van der Waals surface area (Å²) in [5, 5.41) is 11.9. The van der Waals surface area contributed by atoms with Gasteiger partial charge in [0.15, 0.2) is 0 Å². The van der Waals surface area contributed by atoms with Gasteiger partial charge in [-0.05, 0) is 45.5 Å². The van der Waals surface area contributed by atoms with Gasteiger partial charge in [0.1, 0.15) is 0 Å². The molecule has 0 aliphatic carbocycles. The van der Waals surface area contributed by atoms with Crippen LogP contribution in [0.4, 0.5) is 0 Å². The topological polar surface area (TPSA) is 37.3 Å². The number of thiophene rings is 1. The maximum absolute atomic E-state index is 11.0. The molecule has 0 radical (unpaired) electrons. The molecule has 2 rings (SSSR count). The van der Waals surface area contributed by atoms with E-state index < -0.39 is 5.97 Å². The van der Waals surface area contributed by atoms with Crippen molar-refractivity contribution in [3.05, 3.63) is 26.6 Å². The fraction of sp³-hybridized carbons (Fsp3) is 0. The molecular weight excluding hydrogens is 331 g/mol. The molecule has 5 heteroatoms. The van der Waals surface area contributed by atoms with E-state index in [1.54, 1.807) is 0 Å². The predicted molar refractivity (Wildman–Crippen MR) is 68.8 cm³/mol. The van der Waals surface area contributed by atoms with E-state index in [1.807, 2.05) is 17.5 Å².